The van der Waals surface area contributed by atoms with E-state index in [0.29, 0.717) is 17.7 Å². The van der Waals surface area contributed by atoms with Crippen molar-refractivity contribution in [1.82, 2.24) is 4.98 Å². The Morgan fingerprint density at radius 2 is 2.00 bits per heavy atom. The lowest BCUT2D eigenvalue weighted by Gasteiger charge is -2.12. The largest absolute Gasteiger partial charge is 0.478 e. The molecule has 0 radical (unpaired) electrons. The van der Waals surface area contributed by atoms with Crippen LogP contribution in [0.1, 0.15) is 39.7 Å². The fourth-order valence-corrected chi connectivity index (χ4v) is 2.71. The average Bonchev–Trinajstić information content (AvgIpc) is 2.61. The fourth-order valence-electron chi connectivity index (χ4n) is 2.71. The molecule has 0 fully saturated rings. The summed E-state index contributed by atoms with van der Waals surface area (Å²) in [5, 5.41) is 8.57. The lowest BCUT2D eigenvalue weighted by molar-refractivity contribution is -0.131. The quantitative estimate of drug-likeness (QED) is 0.420. The second-order valence-electron chi connectivity index (χ2n) is 5.71. The monoisotopic (exact) mass is 352 g/mol. The van der Waals surface area contributed by atoms with Crippen LogP contribution in [-0.4, -0.2) is 21.8 Å². The van der Waals surface area contributed by atoms with Crippen molar-refractivity contribution in [3.8, 4) is 0 Å². The van der Waals surface area contributed by atoms with Crippen molar-refractivity contribution in [3.63, 3.8) is 0 Å². The number of allylic oxidation sites excluding steroid dienone is 2. The van der Waals surface area contributed by atoms with Crippen molar-refractivity contribution in [2.24, 2.45) is 0 Å². The number of carboxylic acid groups (broad SMARTS) is 1. The maximum atomic E-state index is 13.0. The molecule has 2 aromatic rings. The predicted molar refractivity (Wildman–Crippen MR) is 101 cm³/mol. The van der Waals surface area contributed by atoms with Gasteiger partial charge in [0.2, 0.25) is 0 Å². The van der Waals surface area contributed by atoms with Crippen LogP contribution in [-0.2, 0) is 11.2 Å². The van der Waals surface area contributed by atoms with E-state index < -0.39 is 11.5 Å². The molecule has 0 saturated carbocycles. The Balaban J connectivity index is 2.45. The summed E-state index contributed by atoms with van der Waals surface area (Å²) in [5.41, 5.74) is 8.05. The summed E-state index contributed by atoms with van der Waals surface area (Å²) in [6.07, 6.45) is 6.22. The first-order valence-electron chi connectivity index (χ1n) is 8.08. The molecule has 0 aliphatic heterocycles. The average molecular weight is 352 g/mol. The molecule has 0 saturated heterocycles. The number of hydrogen-bond donors (Lipinski definition) is 3. The summed E-state index contributed by atoms with van der Waals surface area (Å²) in [4.78, 5) is 38.0. The standard InChI is InChI=1S/C20H20N2O4/c1-3-15-12(2)22-20(26)18(21)17(15)19(25)14-9-6-8-13(11-14)7-4-5-10-16(23)24/h4-11H,3,21H2,1-2H3,(H,22,26)(H,23,24)/b7-4+,10-5+. The van der Waals surface area contributed by atoms with Gasteiger partial charge in [0.15, 0.2) is 5.78 Å². The lowest BCUT2D eigenvalue weighted by atomic mass is 9.94. The highest BCUT2D eigenvalue weighted by molar-refractivity contribution is 6.13. The molecule has 2 rings (SSSR count). The van der Waals surface area contributed by atoms with Gasteiger partial charge in [0.05, 0.1) is 5.56 Å². The summed E-state index contributed by atoms with van der Waals surface area (Å²) < 4.78 is 0. The van der Waals surface area contributed by atoms with E-state index in [1.54, 1.807) is 43.3 Å². The van der Waals surface area contributed by atoms with Gasteiger partial charge < -0.3 is 15.8 Å². The van der Waals surface area contributed by atoms with E-state index >= 15 is 0 Å². The van der Waals surface area contributed by atoms with Crippen LogP contribution < -0.4 is 11.3 Å². The minimum absolute atomic E-state index is 0.0808. The van der Waals surface area contributed by atoms with Crippen LogP contribution in [0.5, 0.6) is 0 Å². The highest BCUT2D eigenvalue weighted by Gasteiger charge is 2.20. The van der Waals surface area contributed by atoms with Gasteiger partial charge in [-0.15, -0.1) is 0 Å². The Kier molecular flexibility index (Phi) is 5.90. The van der Waals surface area contributed by atoms with E-state index in [-0.39, 0.29) is 17.0 Å². The second kappa shape index (κ2) is 8.11. The summed E-state index contributed by atoms with van der Waals surface area (Å²) in [6.45, 7) is 3.63. The third kappa shape index (κ3) is 4.16. The van der Waals surface area contributed by atoms with Gasteiger partial charge in [-0.3, -0.25) is 9.59 Å². The number of carbonyl (C=O) groups excluding carboxylic acids is 1. The summed E-state index contributed by atoms with van der Waals surface area (Å²) >= 11 is 0. The van der Waals surface area contributed by atoms with Crippen LogP contribution in [0.25, 0.3) is 6.08 Å². The number of nitrogens with one attached hydrogen (secondary N) is 1. The van der Waals surface area contributed by atoms with Crippen molar-refractivity contribution in [1.29, 1.82) is 0 Å². The molecule has 6 nitrogen and oxygen atoms in total. The second-order valence-corrected chi connectivity index (χ2v) is 5.71. The van der Waals surface area contributed by atoms with Crippen molar-refractivity contribution in [2.45, 2.75) is 20.3 Å². The first-order valence-corrected chi connectivity index (χ1v) is 8.08. The number of hydrogen-bond acceptors (Lipinski definition) is 4. The van der Waals surface area contributed by atoms with Crippen LogP contribution >= 0.6 is 0 Å². The van der Waals surface area contributed by atoms with Crippen molar-refractivity contribution >= 4 is 23.5 Å². The van der Waals surface area contributed by atoms with Crippen LogP contribution in [0.2, 0.25) is 0 Å². The van der Waals surface area contributed by atoms with Gasteiger partial charge in [-0.05, 0) is 30.5 Å². The number of carbonyl (C=O) groups is 2. The summed E-state index contributed by atoms with van der Waals surface area (Å²) in [6, 6.07) is 6.83. The predicted octanol–water partition coefficient (Wildman–Crippen LogP) is 2.71. The number of aromatic nitrogens is 1. The van der Waals surface area contributed by atoms with Gasteiger partial charge in [-0.25, -0.2) is 4.79 Å². The highest BCUT2D eigenvalue weighted by Crippen LogP contribution is 2.21. The van der Waals surface area contributed by atoms with Crippen LogP contribution in [0.4, 0.5) is 5.69 Å². The third-order valence-corrected chi connectivity index (χ3v) is 3.94. The Labute approximate surface area is 150 Å². The smallest absolute Gasteiger partial charge is 0.328 e. The molecule has 4 N–H and O–H groups in total. The maximum Gasteiger partial charge on any atom is 0.328 e. The van der Waals surface area contributed by atoms with Crippen LogP contribution in [0.3, 0.4) is 0 Å². The fraction of sp³-hybridized carbons (Fsp3) is 0.150. The van der Waals surface area contributed by atoms with E-state index in [0.717, 1.165) is 17.2 Å². The number of carboxylic acids is 1. The Hall–Kier alpha value is -3.41. The molecule has 0 spiro atoms. The van der Waals surface area contributed by atoms with Crippen molar-refractivity contribution < 1.29 is 14.7 Å². The van der Waals surface area contributed by atoms with E-state index in [2.05, 4.69) is 4.98 Å². The van der Waals surface area contributed by atoms with E-state index in [1.165, 1.54) is 6.08 Å². The number of nitrogen functional groups attached to an aromatic ring is 1. The molecule has 0 atom stereocenters. The molecule has 134 valence electrons. The molecule has 6 heteroatoms. The highest BCUT2D eigenvalue weighted by atomic mass is 16.4. The maximum absolute atomic E-state index is 13.0. The first kappa shape index (κ1) is 18.9. The van der Waals surface area contributed by atoms with Crippen LogP contribution in [0, 0.1) is 6.92 Å². The zero-order chi connectivity index (χ0) is 19.3. The van der Waals surface area contributed by atoms with Gasteiger partial charge in [0, 0.05) is 17.3 Å². The van der Waals surface area contributed by atoms with Gasteiger partial charge in [0.25, 0.3) is 5.56 Å². The summed E-state index contributed by atoms with van der Waals surface area (Å²) in [5.74, 6) is -1.35. The molecule has 1 aromatic heterocycles. The topological polar surface area (TPSA) is 113 Å². The van der Waals surface area contributed by atoms with Crippen molar-refractivity contribution in [2.75, 3.05) is 5.73 Å². The molecule has 0 amide bonds. The summed E-state index contributed by atoms with van der Waals surface area (Å²) in [7, 11) is 0. The molecule has 0 bridgehead atoms. The van der Waals surface area contributed by atoms with Crippen LogP contribution in [0.15, 0.2) is 47.3 Å². The van der Waals surface area contributed by atoms with E-state index in [4.69, 9.17) is 10.8 Å². The molecular weight excluding hydrogens is 332 g/mol. The number of anilines is 1. The number of rotatable bonds is 6. The zero-order valence-corrected chi connectivity index (χ0v) is 14.6. The zero-order valence-electron chi connectivity index (χ0n) is 14.6. The molecule has 26 heavy (non-hydrogen) atoms. The minimum atomic E-state index is -1.04. The Bertz CT molecular complexity index is 968. The number of benzene rings is 1. The number of aromatic amines is 1. The van der Waals surface area contributed by atoms with Gasteiger partial charge >= 0.3 is 5.97 Å². The normalized spacial score (nSPS) is 11.3. The minimum Gasteiger partial charge on any atom is -0.478 e. The van der Waals surface area contributed by atoms with Gasteiger partial charge in [-0.2, -0.15) is 0 Å². The number of ketones is 1. The molecule has 1 aromatic carbocycles. The molecule has 0 aliphatic carbocycles. The number of aliphatic carboxylic acids is 1. The number of aryl methyl sites for hydroxylation is 1. The van der Waals surface area contributed by atoms with E-state index in [1.807, 2.05) is 6.92 Å². The molecule has 0 aliphatic rings. The van der Waals surface area contributed by atoms with E-state index in [9.17, 15) is 14.4 Å². The third-order valence-electron chi connectivity index (χ3n) is 3.94. The first-order chi connectivity index (χ1) is 12.3. The number of pyridine rings is 1. The SMILES string of the molecule is CCc1c(C)[nH]c(=O)c(N)c1C(=O)c1cccc(/C=C/C=C/C(=O)O)c1. The van der Waals surface area contributed by atoms with Crippen molar-refractivity contribution in [3.05, 3.63) is 80.8 Å². The molecule has 0 unspecified atom stereocenters. The van der Waals surface area contributed by atoms with Gasteiger partial charge in [-0.1, -0.05) is 43.4 Å². The van der Waals surface area contributed by atoms with Gasteiger partial charge in [0.1, 0.15) is 5.69 Å². The molecule has 1 heterocycles. The molecular formula is C20H20N2O4. The number of H-pyrrole nitrogens is 1. The Morgan fingerprint density at radius 1 is 1.27 bits per heavy atom. The lowest BCUT2D eigenvalue weighted by Crippen LogP contribution is -2.22. The Morgan fingerprint density at radius 3 is 2.65 bits per heavy atom. The number of nitrogens with two attached hydrogens (primary N) is 1.